The van der Waals surface area contributed by atoms with Gasteiger partial charge >= 0.3 is 0 Å². The molecule has 1 saturated heterocycles. The van der Waals surface area contributed by atoms with E-state index in [0.29, 0.717) is 12.2 Å². The minimum Gasteiger partial charge on any atom is -0.378 e. The average Bonchev–Trinajstić information content (AvgIpc) is 2.78. The molecule has 2 aromatic carbocycles. The number of ether oxygens (including phenoxy) is 1. The maximum atomic E-state index is 12.8. The first-order chi connectivity index (χ1) is 14.8. The third kappa shape index (κ3) is 5.98. The number of nitrogens with zero attached hydrogens (tertiary/aromatic N) is 2. The molecule has 168 valence electrons. The Bertz CT molecular complexity index is 969. The van der Waals surface area contributed by atoms with Gasteiger partial charge in [-0.05, 0) is 48.7 Å². The fraction of sp³-hybridized carbons (Fsp3) is 0.435. The molecule has 0 aromatic heterocycles. The van der Waals surface area contributed by atoms with Crippen LogP contribution < -0.4 is 14.5 Å². The van der Waals surface area contributed by atoms with E-state index in [4.69, 9.17) is 4.74 Å². The zero-order valence-electron chi connectivity index (χ0n) is 18.4. The van der Waals surface area contributed by atoms with E-state index in [2.05, 4.69) is 10.2 Å². The van der Waals surface area contributed by atoms with Crippen LogP contribution in [0.1, 0.15) is 25.0 Å². The van der Waals surface area contributed by atoms with Crippen LogP contribution in [-0.4, -0.2) is 52.9 Å². The minimum atomic E-state index is -3.63. The summed E-state index contributed by atoms with van der Waals surface area (Å²) >= 11 is 0. The average molecular weight is 446 g/mol. The number of hydrogen-bond acceptors (Lipinski definition) is 5. The van der Waals surface area contributed by atoms with E-state index in [9.17, 15) is 13.2 Å². The summed E-state index contributed by atoms with van der Waals surface area (Å²) in [6.45, 7) is 7.17. The maximum Gasteiger partial charge on any atom is 0.243 e. The van der Waals surface area contributed by atoms with Gasteiger partial charge in [0.2, 0.25) is 15.9 Å². The van der Waals surface area contributed by atoms with E-state index in [1.807, 2.05) is 43.3 Å². The fourth-order valence-electron chi connectivity index (χ4n) is 3.67. The van der Waals surface area contributed by atoms with Crippen LogP contribution in [-0.2, 0) is 32.5 Å². The van der Waals surface area contributed by atoms with Crippen molar-refractivity contribution in [2.45, 2.75) is 32.9 Å². The molecule has 1 atom stereocenters. The van der Waals surface area contributed by atoms with Crippen molar-refractivity contribution < 1.29 is 17.9 Å². The quantitative estimate of drug-likeness (QED) is 0.676. The molecule has 8 heteroatoms. The first-order valence-electron chi connectivity index (χ1n) is 10.6. The molecule has 1 fully saturated rings. The molecule has 31 heavy (non-hydrogen) atoms. The summed E-state index contributed by atoms with van der Waals surface area (Å²) in [5, 5.41) is 2.86. The van der Waals surface area contributed by atoms with Gasteiger partial charge in [0.25, 0.3) is 0 Å². The second-order valence-electron chi connectivity index (χ2n) is 7.74. The van der Waals surface area contributed by atoms with Gasteiger partial charge in [-0.1, -0.05) is 31.2 Å². The van der Waals surface area contributed by atoms with Crippen LogP contribution in [0.5, 0.6) is 0 Å². The number of aryl methyl sites for hydroxylation is 1. The lowest BCUT2D eigenvalue weighted by Crippen LogP contribution is -2.47. The van der Waals surface area contributed by atoms with Crippen molar-refractivity contribution in [2.75, 3.05) is 41.8 Å². The Morgan fingerprint density at radius 1 is 1.06 bits per heavy atom. The fourth-order valence-corrected chi connectivity index (χ4v) is 4.85. The Kier molecular flexibility index (Phi) is 7.56. The number of carbonyl (C=O) groups excluding carboxylic acids is 1. The molecule has 0 saturated carbocycles. The zero-order chi connectivity index (χ0) is 22.4. The molecular weight excluding hydrogens is 414 g/mol. The first-order valence-corrected chi connectivity index (χ1v) is 12.4. The summed E-state index contributed by atoms with van der Waals surface area (Å²) in [7, 11) is -3.63. The van der Waals surface area contributed by atoms with Crippen LogP contribution >= 0.6 is 0 Å². The Morgan fingerprint density at radius 2 is 1.65 bits per heavy atom. The number of anilines is 2. The summed E-state index contributed by atoms with van der Waals surface area (Å²) in [5.41, 5.74) is 3.67. The van der Waals surface area contributed by atoms with E-state index >= 15 is 0 Å². The van der Waals surface area contributed by atoms with Gasteiger partial charge in [0, 0.05) is 25.3 Å². The molecule has 1 aliphatic heterocycles. The maximum absolute atomic E-state index is 12.8. The molecule has 2 aromatic rings. The van der Waals surface area contributed by atoms with Gasteiger partial charge in [-0.25, -0.2) is 8.42 Å². The molecule has 0 spiro atoms. The van der Waals surface area contributed by atoms with Crippen molar-refractivity contribution in [2.24, 2.45) is 0 Å². The topological polar surface area (TPSA) is 79.0 Å². The van der Waals surface area contributed by atoms with Crippen molar-refractivity contribution in [3.63, 3.8) is 0 Å². The van der Waals surface area contributed by atoms with Crippen molar-refractivity contribution in [3.05, 3.63) is 59.7 Å². The Hall–Kier alpha value is -2.58. The van der Waals surface area contributed by atoms with E-state index < -0.39 is 16.1 Å². The van der Waals surface area contributed by atoms with Gasteiger partial charge in [-0.3, -0.25) is 9.10 Å². The van der Waals surface area contributed by atoms with Gasteiger partial charge in [0.1, 0.15) is 6.04 Å². The van der Waals surface area contributed by atoms with Crippen LogP contribution in [0.2, 0.25) is 0 Å². The van der Waals surface area contributed by atoms with Crippen molar-refractivity contribution in [3.8, 4) is 0 Å². The number of hydrogen-bond donors (Lipinski definition) is 1. The van der Waals surface area contributed by atoms with Crippen LogP contribution in [0.25, 0.3) is 0 Å². The first kappa shape index (κ1) is 23.1. The van der Waals surface area contributed by atoms with Gasteiger partial charge in [-0.15, -0.1) is 0 Å². The Labute approximate surface area is 185 Å². The second-order valence-corrected chi connectivity index (χ2v) is 9.60. The third-order valence-corrected chi connectivity index (χ3v) is 6.71. The van der Waals surface area contributed by atoms with E-state index in [1.165, 1.54) is 4.31 Å². The molecule has 0 aliphatic carbocycles. The predicted octanol–water partition coefficient (Wildman–Crippen LogP) is 2.56. The minimum absolute atomic E-state index is 0.332. The second kappa shape index (κ2) is 10.2. The summed E-state index contributed by atoms with van der Waals surface area (Å²) in [4.78, 5) is 15.0. The molecule has 0 bridgehead atoms. The van der Waals surface area contributed by atoms with Gasteiger partial charge in [0.05, 0.1) is 25.2 Å². The van der Waals surface area contributed by atoms with E-state index in [1.54, 1.807) is 19.1 Å². The number of rotatable bonds is 8. The normalized spacial score (nSPS) is 15.4. The highest BCUT2D eigenvalue weighted by atomic mass is 32.2. The van der Waals surface area contributed by atoms with Crippen LogP contribution in [0, 0.1) is 0 Å². The number of amides is 1. The summed E-state index contributed by atoms with van der Waals surface area (Å²) in [5.74, 6) is -0.345. The molecule has 3 rings (SSSR count). The summed E-state index contributed by atoms with van der Waals surface area (Å²) < 4.78 is 31.4. The molecule has 0 unspecified atom stereocenters. The lowest BCUT2D eigenvalue weighted by molar-refractivity contribution is -0.122. The number of benzene rings is 2. The smallest absolute Gasteiger partial charge is 0.243 e. The molecule has 1 heterocycles. The molecule has 7 nitrogen and oxygen atoms in total. The van der Waals surface area contributed by atoms with Crippen molar-refractivity contribution >= 4 is 27.3 Å². The molecule has 1 aliphatic rings. The van der Waals surface area contributed by atoms with Crippen LogP contribution in [0.15, 0.2) is 48.5 Å². The van der Waals surface area contributed by atoms with Crippen molar-refractivity contribution in [1.29, 1.82) is 0 Å². The highest BCUT2D eigenvalue weighted by Crippen LogP contribution is 2.22. The highest BCUT2D eigenvalue weighted by molar-refractivity contribution is 7.92. The number of morpholine rings is 1. The SMILES string of the molecule is CCc1ccc(N([C@H](C)C(=O)NCc2ccc(N3CCOCC3)cc2)S(C)(=O)=O)cc1. The van der Waals surface area contributed by atoms with E-state index in [0.717, 1.165) is 55.8 Å². The monoisotopic (exact) mass is 445 g/mol. The van der Waals surface area contributed by atoms with Crippen LogP contribution in [0.4, 0.5) is 11.4 Å². The number of sulfonamides is 1. The van der Waals surface area contributed by atoms with Crippen LogP contribution in [0.3, 0.4) is 0 Å². The molecule has 1 amide bonds. The summed E-state index contributed by atoms with van der Waals surface area (Å²) in [6.07, 6.45) is 1.98. The zero-order valence-corrected chi connectivity index (χ0v) is 19.2. The molecular formula is C23H31N3O4S. The van der Waals surface area contributed by atoms with Gasteiger partial charge in [0.15, 0.2) is 0 Å². The highest BCUT2D eigenvalue weighted by Gasteiger charge is 2.29. The van der Waals surface area contributed by atoms with E-state index in [-0.39, 0.29) is 5.91 Å². The standard InChI is InChI=1S/C23H31N3O4S/c1-4-19-5-11-22(12-6-19)26(31(3,28)29)18(2)23(27)24-17-20-7-9-21(10-8-20)25-13-15-30-16-14-25/h5-12,18H,4,13-17H2,1-3H3,(H,24,27)/t18-/m1/s1. The Balaban J connectivity index is 1.64. The predicted molar refractivity (Wildman–Crippen MR) is 124 cm³/mol. The number of nitrogens with one attached hydrogen (secondary N) is 1. The van der Waals surface area contributed by atoms with Crippen molar-refractivity contribution in [1.82, 2.24) is 5.32 Å². The summed E-state index contributed by atoms with van der Waals surface area (Å²) in [6, 6.07) is 14.4. The lowest BCUT2D eigenvalue weighted by atomic mass is 10.1. The third-order valence-electron chi connectivity index (χ3n) is 5.47. The number of carbonyl (C=O) groups is 1. The molecule has 1 N–H and O–H groups in total. The largest absolute Gasteiger partial charge is 0.378 e. The van der Waals surface area contributed by atoms with Gasteiger partial charge in [-0.2, -0.15) is 0 Å². The van der Waals surface area contributed by atoms with Gasteiger partial charge < -0.3 is 15.0 Å². The Morgan fingerprint density at radius 3 is 2.19 bits per heavy atom. The lowest BCUT2D eigenvalue weighted by Gasteiger charge is -2.29. The molecule has 0 radical (unpaired) electrons.